The Labute approximate surface area is 148 Å². The van der Waals surface area contributed by atoms with E-state index in [9.17, 15) is 9.90 Å². The molecule has 1 heterocycles. The van der Waals surface area contributed by atoms with Crippen LogP contribution in [0.4, 0.5) is 0 Å². The van der Waals surface area contributed by atoms with Crippen molar-refractivity contribution >= 4 is 5.91 Å². The largest absolute Gasteiger partial charge is 0.508 e. The van der Waals surface area contributed by atoms with Gasteiger partial charge in [-0.05, 0) is 54.0 Å². The van der Waals surface area contributed by atoms with Gasteiger partial charge in [-0.2, -0.15) is 0 Å². The van der Waals surface area contributed by atoms with E-state index in [0.717, 1.165) is 37.1 Å². The summed E-state index contributed by atoms with van der Waals surface area (Å²) in [5.74, 6) is 0.980. The quantitative estimate of drug-likeness (QED) is 0.851. The van der Waals surface area contributed by atoms with Crippen molar-refractivity contribution in [1.82, 2.24) is 4.90 Å². The van der Waals surface area contributed by atoms with Crippen molar-refractivity contribution < 1.29 is 15.0 Å². The fourth-order valence-corrected chi connectivity index (χ4v) is 3.41. The fourth-order valence-electron chi connectivity index (χ4n) is 3.41. The number of phenolic OH excluding ortho intramolecular Hbond substituents is 1. The maximum atomic E-state index is 12.4. The predicted octanol–water partition coefficient (Wildman–Crippen LogP) is 2.91. The topological polar surface area (TPSA) is 60.8 Å². The summed E-state index contributed by atoms with van der Waals surface area (Å²) in [6.07, 6.45) is 3.26. The van der Waals surface area contributed by atoms with Crippen LogP contribution in [0.1, 0.15) is 29.5 Å². The number of hydrogen-bond acceptors (Lipinski definition) is 3. The Bertz CT molecular complexity index is 694. The zero-order chi connectivity index (χ0) is 17.6. The molecule has 132 valence electrons. The van der Waals surface area contributed by atoms with Gasteiger partial charge in [-0.3, -0.25) is 4.79 Å². The van der Waals surface area contributed by atoms with Gasteiger partial charge in [-0.1, -0.05) is 36.4 Å². The first-order valence-corrected chi connectivity index (χ1v) is 8.88. The number of rotatable bonds is 6. The molecule has 1 amide bonds. The van der Waals surface area contributed by atoms with Gasteiger partial charge in [-0.15, -0.1) is 0 Å². The van der Waals surface area contributed by atoms with Crippen molar-refractivity contribution in [2.24, 2.45) is 5.92 Å². The van der Waals surface area contributed by atoms with E-state index in [1.807, 2.05) is 29.2 Å². The number of aliphatic hydroxyl groups excluding tert-OH is 1. The number of likely N-dealkylation sites (tertiary alicyclic amines) is 1. The van der Waals surface area contributed by atoms with Crippen LogP contribution in [-0.2, 0) is 24.2 Å². The number of benzene rings is 2. The van der Waals surface area contributed by atoms with Crippen LogP contribution in [0.5, 0.6) is 5.75 Å². The highest BCUT2D eigenvalue weighted by molar-refractivity contribution is 5.76. The Morgan fingerprint density at radius 1 is 1.00 bits per heavy atom. The minimum absolute atomic E-state index is 0.0764. The molecule has 0 radical (unpaired) electrons. The first-order chi connectivity index (χ1) is 12.1. The highest BCUT2D eigenvalue weighted by Gasteiger charge is 2.25. The lowest BCUT2D eigenvalue weighted by Crippen LogP contribution is -2.29. The molecular weight excluding hydrogens is 314 g/mol. The van der Waals surface area contributed by atoms with Gasteiger partial charge in [0.05, 0.1) is 6.61 Å². The van der Waals surface area contributed by atoms with Crippen molar-refractivity contribution in [3.63, 3.8) is 0 Å². The van der Waals surface area contributed by atoms with Crippen molar-refractivity contribution in [2.75, 3.05) is 13.1 Å². The van der Waals surface area contributed by atoms with Crippen molar-refractivity contribution in [2.45, 2.75) is 32.3 Å². The number of aliphatic hydroxyl groups is 1. The maximum Gasteiger partial charge on any atom is 0.222 e. The molecule has 2 aromatic rings. The van der Waals surface area contributed by atoms with Crippen molar-refractivity contribution in [1.29, 1.82) is 0 Å². The highest BCUT2D eigenvalue weighted by Crippen LogP contribution is 2.22. The van der Waals surface area contributed by atoms with Crippen LogP contribution in [0.3, 0.4) is 0 Å². The number of nitrogens with zero attached hydrogens (tertiary/aromatic N) is 1. The summed E-state index contributed by atoms with van der Waals surface area (Å²) in [4.78, 5) is 14.4. The van der Waals surface area contributed by atoms with Gasteiger partial charge in [0.2, 0.25) is 5.91 Å². The summed E-state index contributed by atoms with van der Waals surface area (Å²) < 4.78 is 0. The summed E-state index contributed by atoms with van der Waals surface area (Å²) >= 11 is 0. The lowest BCUT2D eigenvalue weighted by Gasteiger charge is -2.17. The van der Waals surface area contributed by atoms with E-state index < -0.39 is 0 Å². The number of carbonyl (C=O) groups excluding carboxylic acids is 1. The van der Waals surface area contributed by atoms with Gasteiger partial charge in [-0.25, -0.2) is 0 Å². The van der Waals surface area contributed by atoms with Crippen molar-refractivity contribution in [3.8, 4) is 5.75 Å². The molecule has 0 spiro atoms. The zero-order valence-electron chi connectivity index (χ0n) is 14.4. The standard InChI is InChI=1S/C21H25NO3/c23-15-18-3-1-17(2-4-18)13-19-11-12-22(14-19)21(25)10-7-16-5-8-20(24)9-6-16/h1-6,8-9,19,23-24H,7,10-15H2/t19-/m1/s1. The number of aromatic hydroxyl groups is 1. The minimum atomic E-state index is 0.0764. The Morgan fingerprint density at radius 2 is 1.64 bits per heavy atom. The zero-order valence-corrected chi connectivity index (χ0v) is 14.4. The molecule has 1 saturated heterocycles. The van der Waals surface area contributed by atoms with E-state index in [4.69, 9.17) is 5.11 Å². The molecule has 2 aromatic carbocycles. The Kier molecular flexibility index (Phi) is 5.71. The Hall–Kier alpha value is -2.33. The molecule has 0 aliphatic carbocycles. The molecule has 2 N–H and O–H groups in total. The average molecular weight is 339 g/mol. The van der Waals surface area contributed by atoms with Crippen LogP contribution in [0.2, 0.25) is 0 Å². The molecule has 0 bridgehead atoms. The molecule has 0 saturated carbocycles. The van der Waals surface area contributed by atoms with E-state index in [2.05, 4.69) is 12.1 Å². The van der Waals surface area contributed by atoms with Gasteiger partial charge in [0.1, 0.15) is 5.75 Å². The van der Waals surface area contributed by atoms with Crippen LogP contribution < -0.4 is 0 Å². The normalized spacial score (nSPS) is 17.0. The second-order valence-corrected chi connectivity index (χ2v) is 6.84. The summed E-state index contributed by atoms with van der Waals surface area (Å²) in [6, 6.07) is 15.1. The smallest absolute Gasteiger partial charge is 0.222 e. The number of phenols is 1. The lowest BCUT2D eigenvalue weighted by atomic mass is 9.98. The lowest BCUT2D eigenvalue weighted by molar-refractivity contribution is -0.130. The van der Waals surface area contributed by atoms with E-state index in [-0.39, 0.29) is 18.3 Å². The minimum Gasteiger partial charge on any atom is -0.508 e. The van der Waals surface area contributed by atoms with Crippen LogP contribution in [0.15, 0.2) is 48.5 Å². The molecule has 1 aliphatic rings. The highest BCUT2D eigenvalue weighted by atomic mass is 16.3. The molecule has 1 aliphatic heterocycles. The predicted molar refractivity (Wildman–Crippen MR) is 97.2 cm³/mol. The monoisotopic (exact) mass is 339 g/mol. The molecule has 0 aromatic heterocycles. The van der Waals surface area contributed by atoms with E-state index in [1.54, 1.807) is 12.1 Å². The Morgan fingerprint density at radius 3 is 2.32 bits per heavy atom. The molecule has 0 unspecified atom stereocenters. The summed E-state index contributed by atoms with van der Waals surface area (Å²) in [7, 11) is 0. The molecule has 4 nitrogen and oxygen atoms in total. The molecule has 1 atom stereocenters. The molecule has 1 fully saturated rings. The van der Waals surface area contributed by atoms with E-state index in [1.165, 1.54) is 5.56 Å². The number of amides is 1. The van der Waals surface area contributed by atoms with Gasteiger partial charge in [0.15, 0.2) is 0 Å². The maximum absolute atomic E-state index is 12.4. The summed E-state index contributed by atoms with van der Waals surface area (Å²) in [6.45, 7) is 1.75. The fraction of sp³-hybridized carbons (Fsp3) is 0.381. The first kappa shape index (κ1) is 17.5. The van der Waals surface area contributed by atoms with Crippen molar-refractivity contribution in [3.05, 3.63) is 65.2 Å². The number of aryl methyl sites for hydroxylation is 1. The number of hydrogen-bond donors (Lipinski definition) is 2. The van der Waals surface area contributed by atoms with E-state index in [0.29, 0.717) is 18.8 Å². The van der Waals surface area contributed by atoms with Crippen LogP contribution in [0.25, 0.3) is 0 Å². The van der Waals surface area contributed by atoms with Crippen LogP contribution >= 0.6 is 0 Å². The van der Waals surface area contributed by atoms with Gasteiger partial charge < -0.3 is 15.1 Å². The average Bonchev–Trinajstić information content (AvgIpc) is 3.10. The molecule has 25 heavy (non-hydrogen) atoms. The SMILES string of the molecule is O=C(CCc1ccc(O)cc1)N1CC[C@H](Cc2ccc(CO)cc2)C1. The van der Waals surface area contributed by atoms with Gasteiger partial charge in [0, 0.05) is 19.5 Å². The van der Waals surface area contributed by atoms with Crippen LogP contribution in [-0.4, -0.2) is 34.1 Å². The van der Waals surface area contributed by atoms with Crippen LogP contribution in [0, 0.1) is 5.92 Å². The molecule has 3 rings (SSSR count). The second kappa shape index (κ2) is 8.17. The Balaban J connectivity index is 1.46. The third-order valence-corrected chi connectivity index (χ3v) is 4.93. The molecular formula is C21H25NO3. The third-order valence-electron chi connectivity index (χ3n) is 4.93. The molecule has 4 heteroatoms. The van der Waals surface area contributed by atoms with Gasteiger partial charge >= 0.3 is 0 Å². The second-order valence-electron chi connectivity index (χ2n) is 6.84. The first-order valence-electron chi connectivity index (χ1n) is 8.88. The number of carbonyl (C=O) groups is 1. The summed E-state index contributed by atoms with van der Waals surface area (Å²) in [5, 5.41) is 18.4. The van der Waals surface area contributed by atoms with E-state index >= 15 is 0 Å². The van der Waals surface area contributed by atoms with Gasteiger partial charge in [0.25, 0.3) is 0 Å². The summed E-state index contributed by atoms with van der Waals surface area (Å²) in [5.41, 5.74) is 3.27. The third kappa shape index (κ3) is 4.83.